The van der Waals surface area contributed by atoms with Gasteiger partial charge in [0.05, 0.1) is 0 Å². The van der Waals surface area contributed by atoms with Gasteiger partial charge in [-0.05, 0) is 25.8 Å². The van der Waals surface area contributed by atoms with Gasteiger partial charge >= 0.3 is 0 Å². The van der Waals surface area contributed by atoms with E-state index in [1.165, 1.54) is 0 Å². The Balaban J connectivity index is 2.50. The third-order valence-corrected chi connectivity index (χ3v) is 2.73. The average molecular weight is 250 g/mol. The van der Waals surface area contributed by atoms with Crippen molar-refractivity contribution >= 4 is 5.95 Å². The zero-order valence-electron chi connectivity index (χ0n) is 12.1. The Morgan fingerprint density at radius 3 is 2.39 bits per heavy atom. The molecule has 1 rings (SSSR count). The molecule has 0 saturated carbocycles. The van der Waals surface area contributed by atoms with Crippen LogP contribution in [0.4, 0.5) is 5.95 Å². The van der Waals surface area contributed by atoms with Gasteiger partial charge < -0.3 is 10.2 Å². The minimum Gasteiger partial charge on any atom is -0.341 e. The molecule has 0 aromatic carbocycles. The summed E-state index contributed by atoms with van der Waals surface area (Å²) in [6.07, 6.45) is 4.97. The standard InChI is InChI=1S/C14H26N4/c1-5-7-18(6-2)14-16-10-13(11-17-14)9-15-8-12(3)4/h10-12,15H,5-9H2,1-4H3. The van der Waals surface area contributed by atoms with Crippen LogP contribution in [-0.2, 0) is 6.54 Å². The SMILES string of the molecule is CCCN(CC)c1ncc(CNCC(C)C)cn1. The summed E-state index contributed by atoms with van der Waals surface area (Å²) in [5.41, 5.74) is 1.15. The Morgan fingerprint density at radius 2 is 1.89 bits per heavy atom. The second kappa shape index (κ2) is 8.03. The molecule has 0 atom stereocenters. The first-order valence-corrected chi connectivity index (χ1v) is 6.93. The lowest BCUT2D eigenvalue weighted by Gasteiger charge is -2.19. The normalized spacial score (nSPS) is 10.9. The van der Waals surface area contributed by atoms with Crippen molar-refractivity contribution in [3.05, 3.63) is 18.0 Å². The van der Waals surface area contributed by atoms with Crippen molar-refractivity contribution in [2.45, 2.75) is 40.7 Å². The summed E-state index contributed by atoms with van der Waals surface area (Å²) in [5.74, 6) is 1.51. The number of anilines is 1. The van der Waals surface area contributed by atoms with E-state index in [0.717, 1.165) is 44.1 Å². The maximum absolute atomic E-state index is 4.44. The lowest BCUT2D eigenvalue weighted by molar-refractivity contribution is 0.551. The predicted molar refractivity (Wildman–Crippen MR) is 76.8 cm³/mol. The van der Waals surface area contributed by atoms with Gasteiger partial charge in [-0.2, -0.15) is 0 Å². The van der Waals surface area contributed by atoms with E-state index < -0.39 is 0 Å². The van der Waals surface area contributed by atoms with Gasteiger partial charge in [0.15, 0.2) is 0 Å². The summed E-state index contributed by atoms with van der Waals surface area (Å²) in [4.78, 5) is 11.1. The summed E-state index contributed by atoms with van der Waals surface area (Å²) in [6, 6.07) is 0. The molecule has 4 heteroatoms. The molecule has 0 bridgehead atoms. The van der Waals surface area contributed by atoms with Crippen LogP contribution >= 0.6 is 0 Å². The van der Waals surface area contributed by atoms with Gasteiger partial charge in [0.25, 0.3) is 0 Å². The first-order valence-electron chi connectivity index (χ1n) is 6.93. The Bertz CT molecular complexity index is 321. The van der Waals surface area contributed by atoms with Crippen LogP contribution in [0.25, 0.3) is 0 Å². The minimum atomic E-state index is 0.672. The smallest absolute Gasteiger partial charge is 0.225 e. The Kier molecular flexibility index (Phi) is 6.65. The van der Waals surface area contributed by atoms with E-state index in [9.17, 15) is 0 Å². The summed E-state index contributed by atoms with van der Waals surface area (Å²) < 4.78 is 0. The van der Waals surface area contributed by atoms with Crippen LogP contribution in [0.5, 0.6) is 0 Å². The second-order valence-electron chi connectivity index (χ2n) is 5.00. The molecule has 1 N–H and O–H groups in total. The van der Waals surface area contributed by atoms with Gasteiger partial charge in [-0.15, -0.1) is 0 Å². The summed E-state index contributed by atoms with van der Waals surface area (Å²) >= 11 is 0. The predicted octanol–water partition coefficient (Wildman–Crippen LogP) is 2.46. The lowest BCUT2D eigenvalue weighted by atomic mass is 10.2. The largest absolute Gasteiger partial charge is 0.341 e. The quantitative estimate of drug-likeness (QED) is 0.769. The van der Waals surface area contributed by atoms with Crippen molar-refractivity contribution in [3.63, 3.8) is 0 Å². The first-order chi connectivity index (χ1) is 8.67. The molecule has 0 saturated heterocycles. The highest BCUT2D eigenvalue weighted by Gasteiger charge is 2.05. The average Bonchev–Trinajstić information content (AvgIpc) is 2.36. The summed E-state index contributed by atoms with van der Waals surface area (Å²) in [5, 5.41) is 3.40. The Morgan fingerprint density at radius 1 is 1.22 bits per heavy atom. The van der Waals surface area contributed by atoms with Crippen LogP contribution in [-0.4, -0.2) is 29.6 Å². The molecule has 0 unspecified atom stereocenters. The number of rotatable bonds is 8. The van der Waals surface area contributed by atoms with Gasteiger partial charge in [0, 0.05) is 37.6 Å². The highest BCUT2D eigenvalue weighted by molar-refractivity contribution is 5.29. The molecule has 102 valence electrons. The number of nitrogens with zero attached hydrogens (tertiary/aromatic N) is 3. The third kappa shape index (κ3) is 5.00. The lowest BCUT2D eigenvalue weighted by Crippen LogP contribution is -2.25. The number of hydrogen-bond donors (Lipinski definition) is 1. The number of aromatic nitrogens is 2. The summed E-state index contributed by atoms with van der Waals surface area (Å²) in [6.45, 7) is 12.6. The maximum atomic E-state index is 4.44. The van der Waals surface area contributed by atoms with Gasteiger partial charge in [-0.25, -0.2) is 9.97 Å². The van der Waals surface area contributed by atoms with Crippen LogP contribution < -0.4 is 10.2 Å². The fourth-order valence-corrected chi connectivity index (χ4v) is 1.78. The molecule has 1 heterocycles. The molecule has 0 radical (unpaired) electrons. The van der Waals surface area contributed by atoms with Crippen molar-refractivity contribution < 1.29 is 0 Å². The van der Waals surface area contributed by atoms with Crippen LogP contribution in [0, 0.1) is 5.92 Å². The molecular weight excluding hydrogens is 224 g/mol. The molecule has 18 heavy (non-hydrogen) atoms. The fourth-order valence-electron chi connectivity index (χ4n) is 1.78. The van der Waals surface area contributed by atoms with Crippen LogP contribution in [0.15, 0.2) is 12.4 Å². The van der Waals surface area contributed by atoms with Crippen LogP contribution in [0.2, 0.25) is 0 Å². The van der Waals surface area contributed by atoms with E-state index in [-0.39, 0.29) is 0 Å². The van der Waals surface area contributed by atoms with Gasteiger partial charge in [0.1, 0.15) is 0 Å². The van der Waals surface area contributed by atoms with Crippen LogP contribution in [0.3, 0.4) is 0 Å². The number of nitrogens with one attached hydrogen (secondary N) is 1. The van der Waals surface area contributed by atoms with Gasteiger partial charge in [0.2, 0.25) is 5.95 Å². The van der Waals surface area contributed by atoms with Crippen molar-refractivity contribution in [2.75, 3.05) is 24.5 Å². The van der Waals surface area contributed by atoms with E-state index in [0.29, 0.717) is 5.92 Å². The van der Waals surface area contributed by atoms with Gasteiger partial charge in [-0.1, -0.05) is 20.8 Å². The topological polar surface area (TPSA) is 41.1 Å². The molecule has 0 aliphatic rings. The van der Waals surface area contributed by atoms with Crippen molar-refractivity contribution in [2.24, 2.45) is 5.92 Å². The molecule has 0 spiro atoms. The molecule has 1 aromatic rings. The molecule has 0 aliphatic carbocycles. The third-order valence-electron chi connectivity index (χ3n) is 2.73. The van der Waals surface area contributed by atoms with E-state index in [1.807, 2.05) is 12.4 Å². The van der Waals surface area contributed by atoms with E-state index >= 15 is 0 Å². The molecule has 4 nitrogen and oxygen atoms in total. The first kappa shape index (κ1) is 14.9. The summed E-state index contributed by atoms with van der Waals surface area (Å²) in [7, 11) is 0. The monoisotopic (exact) mass is 250 g/mol. The highest BCUT2D eigenvalue weighted by Crippen LogP contribution is 2.07. The minimum absolute atomic E-state index is 0.672. The van der Waals surface area contributed by atoms with Crippen LogP contribution in [0.1, 0.15) is 39.7 Å². The van der Waals surface area contributed by atoms with E-state index in [2.05, 4.69) is 47.9 Å². The zero-order chi connectivity index (χ0) is 13.4. The Hall–Kier alpha value is -1.16. The van der Waals surface area contributed by atoms with Crippen molar-refractivity contribution in [1.29, 1.82) is 0 Å². The van der Waals surface area contributed by atoms with E-state index in [1.54, 1.807) is 0 Å². The molecule has 0 amide bonds. The Labute approximate surface area is 111 Å². The molecular formula is C14H26N4. The highest BCUT2D eigenvalue weighted by atomic mass is 15.2. The maximum Gasteiger partial charge on any atom is 0.225 e. The second-order valence-corrected chi connectivity index (χ2v) is 5.00. The van der Waals surface area contributed by atoms with Gasteiger partial charge in [-0.3, -0.25) is 0 Å². The van der Waals surface area contributed by atoms with Crippen molar-refractivity contribution in [1.82, 2.24) is 15.3 Å². The number of hydrogen-bond acceptors (Lipinski definition) is 4. The zero-order valence-corrected chi connectivity index (χ0v) is 12.1. The fraction of sp³-hybridized carbons (Fsp3) is 0.714. The molecule has 0 aliphatic heterocycles. The van der Waals surface area contributed by atoms with E-state index in [4.69, 9.17) is 0 Å². The molecule has 0 fully saturated rings. The van der Waals surface area contributed by atoms with Crippen molar-refractivity contribution in [3.8, 4) is 0 Å². The molecule has 1 aromatic heterocycles.